The molecule has 0 aromatic carbocycles. The largest absolute Gasteiger partial charge is 0.464 e. The lowest BCUT2D eigenvalue weighted by Crippen LogP contribution is -2.55. The molecule has 0 saturated carbocycles. The highest BCUT2D eigenvalue weighted by molar-refractivity contribution is 5.87. The molecule has 0 bridgehead atoms. The van der Waals surface area contributed by atoms with Crippen LogP contribution in [0.4, 0.5) is 0 Å². The van der Waals surface area contributed by atoms with E-state index in [4.69, 9.17) is 9.84 Å². The van der Waals surface area contributed by atoms with Gasteiger partial charge in [-0.3, -0.25) is 4.79 Å². The van der Waals surface area contributed by atoms with Crippen molar-refractivity contribution < 1.29 is 39.9 Å². The Balaban J connectivity index is 4.04. The van der Waals surface area contributed by atoms with E-state index in [1.807, 2.05) is 0 Å². The Morgan fingerprint density at radius 2 is 1.17 bits per heavy atom. The number of amides is 1. The molecule has 9 heteroatoms. The first-order chi connectivity index (χ1) is 17.2. The van der Waals surface area contributed by atoms with Crippen molar-refractivity contribution in [1.29, 1.82) is 0 Å². The number of ether oxygens (including phenoxy) is 1. The summed E-state index contributed by atoms with van der Waals surface area (Å²) >= 11 is 0. The van der Waals surface area contributed by atoms with Crippen LogP contribution < -0.4 is 5.32 Å². The molecular formula is C27H53NO8. The van der Waals surface area contributed by atoms with Crippen LogP contribution in [-0.4, -0.2) is 81.1 Å². The Morgan fingerprint density at radius 3 is 1.58 bits per heavy atom. The third-order valence-corrected chi connectivity index (χ3v) is 6.48. The summed E-state index contributed by atoms with van der Waals surface area (Å²) in [6.45, 7) is 5.02. The van der Waals surface area contributed by atoms with Gasteiger partial charge in [0.2, 0.25) is 0 Å². The lowest BCUT2D eigenvalue weighted by Gasteiger charge is -2.27. The van der Waals surface area contributed by atoms with Gasteiger partial charge in [-0.05, 0) is 12.3 Å². The summed E-state index contributed by atoms with van der Waals surface area (Å²) in [6.07, 6.45) is 9.40. The second kappa shape index (κ2) is 21.8. The van der Waals surface area contributed by atoms with Crippen LogP contribution in [0, 0.1) is 5.92 Å². The number of carbonyl (C=O) groups excluding carboxylic acids is 2. The van der Waals surface area contributed by atoms with Crippen LogP contribution in [0.5, 0.6) is 0 Å². The summed E-state index contributed by atoms with van der Waals surface area (Å²) in [7, 11) is 0. The second-order valence-corrected chi connectivity index (χ2v) is 10.2. The maximum absolute atomic E-state index is 12.4. The first-order valence-corrected chi connectivity index (χ1v) is 14.0. The zero-order valence-electron chi connectivity index (χ0n) is 22.7. The minimum atomic E-state index is -2.10. The van der Waals surface area contributed by atoms with Gasteiger partial charge in [-0.25, -0.2) is 4.79 Å². The zero-order valence-corrected chi connectivity index (χ0v) is 22.7. The van der Waals surface area contributed by atoms with E-state index < -0.39 is 48.9 Å². The van der Waals surface area contributed by atoms with Gasteiger partial charge in [-0.1, -0.05) is 104 Å². The highest BCUT2D eigenvalue weighted by Crippen LogP contribution is 2.13. The molecule has 5 atom stereocenters. The molecule has 0 heterocycles. The van der Waals surface area contributed by atoms with Crippen molar-refractivity contribution in [3.05, 3.63) is 0 Å². The number of carbonyl (C=O) groups is 2. The van der Waals surface area contributed by atoms with E-state index in [0.717, 1.165) is 19.3 Å². The van der Waals surface area contributed by atoms with Gasteiger partial charge in [0.25, 0.3) is 5.91 Å². The fourth-order valence-corrected chi connectivity index (χ4v) is 3.97. The van der Waals surface area contributed by atoms with E-state index >= 15 is 0 Å². The van der Waals surface area contributed by atoms with Crippen molar-refractivity contribution in [3.63, 3.8) is 0 Å². The molecule has 0 spiro atoms. The molecule has 0 aromatic rings. The molecular weight excluding hydrogens is 466 g/mol. The van der Waals surface area contributed by atoms with Gasteiger partial charge in [0.05, 0.1) is 13.2 Å². The molecule has 0 unspecified atom stereocenters. The molecule has 0 aliphatic carbocycles. The Bertz CT molecular complexity index is 560. The third-order valence-electron chi connectivity index (χ3n) is 6.48. The Morgan fingerprint density at radius 1 is 0.722 bits per heavy atom. The monoisotopic (exact) mass is 519 g/mol. The van der Waals surface area contributed by atoms with E-state index in [1.165, 1.54) is 70.6 Å². The second-order valence-electron chi connectivity index (χ2n) is 10.2. The van der Waals surface area contributed by atoms with Gasteiger partial charge >= 0.3 is 5.97 Å². The van der Waals surface area contributed by atoms with Crippen molar-refractivity contribution in [3.8, 4) is 0 Å². The number of aliphatic hydroxyl groups excluding tert-OH is 5. The first-order valence-electron chi connectivity index (χ1n) is 14.0. The molecule has 0 aromatic heterocycles. The maximum Gasteiger partial charge on any atom is 0.328 e. The van der Waals surface area contributed by atoms with Crippen LogP contribution in [0.25, 0.3) is 0 Å². The summed E-state index contributed by atoms with van der Waals surface area (Å²) < 4.78 is 5.30. The van der Waals surface area contributed by atoms with E-state index in [2.05, 4.69) is 12.2 Å². The van der Waals surface area contributed by atoms with Crippen LogP contribution in [0.15, 0.2) is 0 Å². The average Bonchev–Trinajstić information content (AvgIpc) is 2.86. The van der Waals surface area contributed by atoms with Crippen molar-refractivity contribution in [1.82, 2.24) is 5.32 Å². The molecule has 0 fully saturated rings. The van der Waals surface area contributed by atoms with Crippen molar-refractivity contribution in [2.24, 2.45) is 5.92 Å². The Labute approximate surface area is 217 Å². The number of hydrogen-bond donors (Lipinski definition) is 6. The minimum absolute atomic E-state index is 0.239. The molecule has 6 N–H and O–H groups in total. The molecule has 1 amide bonds. The Hall–Kier alpha value is -1.26. The van der Waals surface area contributed by atoms with Gasteiger partial charge in [0.15, 0.2) is 6.10 Å². The highest BCUT2D eigenvalue weighted by Gasteiger charge is 2.36. The molecule has 0 aliphatic rings. The van der Waals surface area contributed by atoms with Crippen LogP contribution in [0.3, 0.4) is 0 Å². The molecule has 0 radical (unpaired) electrons. The van der Waals surface area contributed by atoms with E-state index in [1.54, 1.807) is 13.8 Å². The fraction of sp³-hybridized carbons (Fsp3) is 0.926. The number of unbranched alkanes of at least 4 members (excludes halogenated alkanes) is 13. The van der Waals surface area contributed by atoms with E-state index in [9.17, 15) is 30.0 Å². The minimum Gasteiger partial charge on any atom is -0.464 e. The van der Waals surface area contributed by atoms with Crippen molar-refractivity contribution in [2.75, 3.05) is 13.2 Å². The van der Waals surface area contributed by atoms with Crippen LogP contribution in [0.1, 0.15) is 111 Å². The van der Waals surface area contributed by atoms with Gasteiger partial charge in [-0.2, -0.15) is 0 Å². The fourth-order valence-electron chi connectivity index (χ4n) is 3.97. The van der Waals surface area contributed by atoms with Gasteiger partial charge < -0.3 is 35.6 Å². The van der Waals surface area contributed by atoms with E-state index in [0.29, 0.717) is 0 Å². The lowest BCUT2D eigenvalue weighted by atomic mass is 10.0. The van der Waals surface area contributed by atoms with Crippen molar-refractivity contribution in [2.45, 2.75) is 141 Å². The van der Waals surface area contributed by atoms with Gasteiger partial charge in [0, 0.05) is 0 Å². The van der Waals surface area contributed by atoms with Crippen LogP contribution >= 0.6 is 0 Å². The van der Waals surface area contributed by atoms with Crippen LogP contribution in [0.2, 0.25) is 0 Å². The summed E-state index contributed by atoms with van der Waals surface area (Å²) in [4.78, 5) is 24.7. The van der Waals surface area contributed by atoms with E-state index in [-0.39, 0.29) is 12.5 Å². The SMILES string of the molecule is CCCCCCCCCCCCCCCCOC(=O)[C@@H](NC(=O)[C@H](O)[C@@H](O)[C@H](O)[C@H](O)CO)C(C)C. The molecule has 0 saturated heterocycles. The van der Waals surface area contributed by atoms with Gasteiger partial charge in [-0.15, -0.1) is 0 Å². The van der Waals surface area contributed by atoms with Gasteiger partial charge in [0.1, 0.15) is 24.4 Å². The van der Waals surface area contributed by atoms with Crippen molar-refractivity contribution >= 4 is 11.9 Å². The van der Waals surface area contributed by atoms with Crippen LogP contribution in [-0.2, 0) is 14.3 Å². The molecule has 9 nitrogen and oxygen atoms in total. The summed E-state index contributed by atoms with van der Waals surface area (Å²) in [5.41, 5.74) is 0. The predicted octanol–water partition coefficient (Wildman–Crippen LogP) is 2.59. The number of hydrogen-bond acceptors (Lipinski definition) is 8. The third kappa shape index (κ3) is 15.8. The summed E-state index contributed by atoms with van der Waals surface area (Å²) in [5.74, 6) is -2.06. The number of rotatable bonds is 23. The summed E-state index contributed by atoms with van der Waals surface area (Å²) in [6, 6.07) is -1.04. The molecule has 0 rings (SSSR count). The smallest absolute Gasteiger partial charge is 0.328 e. The molecule has 36 heavy (non-hydrogen) atoms. The molecule has 214 valence electrons. The lowest BCUT2D eigenvalue weighted by molar-refractivity contribution is -0.156. The first kappa shape index (κ1) is 34.7. The quantitative estimate of drug-likeness (QED) is 0.0888. The Kier molecular flexibility index (Phi) is 21.0. The highest BCUT2D eigenvalue weighted by atomic mass is 16.5. The maximum atomic E-state index is 12.4. The topological polar surface area (TPSA) is 157 Å². The zero-order chi connectivity index (χ0) is 27.3. The molecule has 0 aliphatic heterocycles. The number of esters is 1. The predicted molar refractivity (Wildman–Crippen MR) is 139 cm³/mol. The standard InChI is InChI=1S/C27H53NO8/c1-4-5-6-7-8-9-10-11-12-13-14-15-16-17-18-36-27(35)22(20(2)3)28-26(34)25(33)24(32)23(31)21(30)19-29/h20-25,29-33H,4-19H2,1-3H3,(H,28,34)/t21-,22+,23-,24+,25-/m1/s1. The summed E-state index contributed by atoms with van der Waals surface area (Å²) in [5, 5.41) is 50.0. The normalized spacial score (nSPS) is 15.8. The average molecular weight is 520 g/mol. The number of aliphatic hydroxyl groups is 5. The number of nitrogens with one attached hydrogen (secondary N) is 1.